The lowest BCUT2D eigenvalue weighted by Crippen LogP contribution is -2.57. The average Bonchev–Trinajstić information content (AvgIpc) is 3.28. The maximum absolute atomic E-state index is 13.3. The van der Waals surface area contributed by atoms with Gasteiger partial charge in [0, 0.05) is 17.7 Å². The van der Waals surface area contributed by atoms with Gasteiger partial charge in [0.15, 0.2) is 0 Å². The maximum Gasteiger partial charge on any atom is 0.266 e. The number of thioether (sulfide) groups is 1. The molecule has 1 amide bonds. The molecular formula is C24H23NO3S2. The van der Waals surface area contributed by atoms with Crippen molar-refractivity contribution in [1.82, 2.24) is 4.90 Å². The van der Waals surface area contributed by atoms with Crippen LogP contribution < -0.4 is 0 Å². The fourth-order valence-electron chi connectivity index (χ4n) is 6.40. The first-order chi connectivity index (χ1) is 14.5. The van der Waals surface area contributed by atoms with Crippen molar-refractivity contribution in [3.05, 3.63) is 47.1 Å². The van der Waals surface area contributed by atoms with Gasteiger partial charge < -0.3 is 9.52 Å². The summed E-state index contributed by atoms with van der Waals surface area (Å²) in [5, 5.41) is 9.46. The van der Waals surface area contributed by atoms with Crippen molar-refractivity contribution in [2.24, 2.45) is 23.7 Å². The number of hydrogen-bond acceptors (Lipinski definition) is 5. The molecule has 1 saturated heterocycles. The SMILES string of the molecule is O=C1/C(=C/c2ccc(-c3ccc(O)cc3)o2)SC(=S)N1C1C2CC3CC(C2)CC1C3. The van der Waals surface area contributed by atoms with Gasteiger partial charge in [-0.15, -0.1) is 0 Å². The number of carbonyl (C=O) groups excluding carboxylic acids is 1. The van der Waals surface area contributed by atoms with Crippen LogP contribution in [0.25, 0.3) is 17.4 Å². The lowest BCUT2D eigenvalue weighted by Gasteiger charge is -2.56. The summed E-state index contributed by atoms with van der Waals surface area (Å²) in [7, 11) is 0. The largest absolute Gasteiger partial charge is 0.508 e. The van der Waals surface area contributed by atoms with E-state index in [1.54, 1.807) is 12.1 Å². The zero-order chi connectivity index (χ0) is 20.4. The Morgan fingerprint density at radius 3 is 2.33 bits per heavy atom. The fourth-order valence-corrected chi connectivity index (χ4v) is 7.72. The maximum atomic E-state index is 13.3. The van der Waals surface area contributed by atoms with Gasteiger partial charge in [-0.2, -0.15) is 0 Å². The van der Waals surface area contributed by atoms with Gasteiger partial charge in [-0.05, 0) is 92.2 Å². The molecule has 2 heterocycles. The summed E-state index contributed by atoms with van der Waals surface area (Å²) in [5.41, 5.74) is 0.883. The standard InChI is InChI=1S/C24H23NO3S2/c26-18-3-1-15(2-4-18)20-6-5-19(28-20)12-21-23(27)25(24(29)30-21)22-16-8-13-7-14(10-16)11-17(22)9-13/h1-6,12-14,16-17,22,26H,7-11H2/b21-12-. The topological polar surface area (TPSA) is 53.7 Å². The molecular weight excluding hydrogens is 414 g/mol. The summed E-state index contributed by atoms with van der Waals surface area (Å²) in [6.45, 7) is 0. The molecule has 1 N–H and O–H groups in total. The summed E-state index contributed by atoms with van der Waals surface area (Å²) < 4.78 is 6.65. The number of rotatable bonds is 3. The van der Waals surface area contributed by atoms with E-state index < -0.39 is 0 Å². The minimum Gasteiger partial charge on any atom is -0.508 e. The molecule has 1 aliphatic heterocycles. The van der Waals surface area contributed by atoms with Crippen molar-refractivity contribution in [2.75, 3.05) is 0 Å². The Labute approximate surface area is 185 Å². The van der Waals surface area contributed by atoms with Crippen LogP contribution in [-0.4, -0.2) is 26.3 Å². The fraction of sp³-hybridized carbons (Fsp3) is 0.417. The Hall–Kier alpha value is -2.05. The molecule has 0 atom stereocenters. The molecule has 4 saturated carbocycles. The molecule has 0 radical (unpaired) electrons. The normalized spacial score (nSPS) is 33.8. The molecule has 0 spiro atoms. The van der Waals surface area contributed by atoms with Gasteiger partial charge in [-0.25, -0.2) is 0 Å². The Morgan fingerprint density at radius 2 is 1.67 bits per heavy atom. The third kappa shape index (κ3) is 3.04. The quantitative estimate of drug-likeness (QED) is 0.495. The van der Waals surface area contributed by atoms with E-state index >= 15 is 0 Å². The number of amides is 1. The third-order valence-electron chi connectivity index (χ3n) is 7.35. The smallest absolute Gasteiger partial charge is 0.266 e. The highest BCUT2D eigenvalue weighted by Crippen LogP contribution is 2.56. The second kappa shape index (κ2) is 6.99. The number of benzene rings is 1. The van der Waals surface area contributed by atoms with Crippen molar-refractivity contribution in [1.29, 1.82) is 0 Å². The number of thiocarbonyl (C=S) groups is 1. The zero-order valence-electron chi connectivity index (χ0n) is 16.5. The predicted molar refractivity (Wildman–Crippen MR) is 122 cm³/mol. The van der Waals surface area contributed by atoms with Crippen LogP contribution >= 0.6 is 24.0 Å². The van der Waals surface area contributed by atoms with E-state index in [-0.39, 0.29) is 11.7 Å². The molecule has 0 unspecified atom stereocenters. The van der Waals surface area contributed by atoms with Crippen LogP contribution in [-0.2, 0) is 4.79 Å². The van der Waals surface area contributed by atoms with Crippen LogP contribution in [0.1, 0.15) is 37.9 Å². The van der Waals surface area contributed by atoms with E-state index in [9.17, 15) is 9.90 Å². The van der Waals surface area contributed by atoms with Crippen LogP contribution in [0.5, 0.6) is 5.75 Å². The summed E-state index contributed by atoms with van der Waals surface area (Å²) in [6.07, 6.45) is 8.28. The van der Waals surface area contributed by atoms with Crippen molar-refractivity contribution in [3.8, 4) is 17.1 Å². The molecule has 4 aliphatic carbocycles. The number of aromatic hydroxyl groups is 1. The highest BCUT2D eigenvalue weighted by molar-refractivity contribution is 8.26. The number of furan rings is 1. The average molecular weight is 438 g/mol. The molecule has 30 heavy (non-hydrogen) atoms. The van der Waals surface area contributed by atoms with Crippen molar-refractivity contribution >= 4 is 40.3 Å². The summed E-state index contributed by atoms with van der Waals surface area (Å²) in [5.74, 6) is 4.60. The second-order valence-corrected chi connectivity index (χ2v) is 10.9. The van der Waals surface area contributed by atoms with E-state index in [0.29, 0.717) is 38.6 Å². The van der Waals surface area contributed by atoms with Crippen LogP contribution in [0.15, 0.2) is 45.7 Å². The molecule has 6 heteroatoms. The van der Waals surface area contributed by atoms with Gasteiger partial charge in [0.2, 0.25) is 0 Å². The second-order valence-electron chi connectivity index (χ2n) is 9.22. The molecule has 4 bridgehead atoms. The van der Waals surface area contributed by atoms with Gasteiger partial charge >= 0.3 is 0 Å². The Kier molecular flexibility index (Phi) is 4.36. The predicted octanol–water partition coefficient (Wildman–Crippen LogP) is 5.68. The first-order valence-electron chi connectivity index (χ1n) is 10.7. The lowest BCUT2D eigenvalue weighted by atomic mass is 9.54. The zero-order valence-corrected chi connectivity index (χ0v) is 18.1. The highest BCUT2D eigenvalue weighted by Gasteiger charge is 2.53. The molecule has 5 fully saturated rings. The minimum absolute atomic E-state index is 0.0463. The number of phenolic OH excluding ortho intramolecular Hbond substituents is 1. The summed E-state index contributed by atoms with van der Waals surface area (Å²) in [6, 6.07) is 10.9. The van der Waals surface area contributed by atoms with Gasteiger partial charge in [0.25, 0.3) is 5.91 Å². The van der Waals surface area contributed by atoms with Crippen molar-refractivity contribution < 1.29 is 14.3 Å². The van der Waals surface area contributed by atoms with Crippen LogP contribution in [0.4, 0.5) is 0 Å². The van der Waals surface area contributed by atoms with Crippen LogP contribution in [0.2, 0.25) is 0 Å². The van der Waals surface area contributed by atoms with Crippen LogP contribution in [0, 0.1) is 23.7 Å². The highest BCUT2D eigenvalue weighted by atomic mass is 32.2. The van der Waals surface area contributed by atoms with E-state index in [4.69, 9.17) is 16.6 Å². The Balaban J connectivity index is 1.25. The van der Waals surface area contributed by atoms with E-state index in [2.05, 4.69) is 0 Å². The molecule has 1 aromatic heterocycles. The monoisotopic (exact) mass is 437 g/mol. The van der Waals surface area contributed by atoms with Gasteiger partial charge in [0.1, 0.15) is 21.6 Å². The number of carbonyl (C=O) groups is 1. The van der Waals surface area contributed by atoms with E-state index in [1.165, 1.54) is 43.9 Å². The molecule has 1 aromatic carbocycles. The van der Waals surface area contributed by atoms with Crippen molar-refractivity contribution in [3.63, 3.8) is 0 Å². The summed E-state index contributed by atoms with van der Waals surface area (Å²) in [4.78, 5) is 15.9. The van der Waals surface area contributed by atoms with E-state index in [0.717, 1.165) is 17.4 Å². The first-order valence-corrected chi connectivity index (χ1v) is 11.9. The summed E-state index contributed by atoms with van der Waals surface area (Å²) >= 11 is 7.08. The number of phenols is 1. The minimum atomic E-state index is 0.0463. The molecule has 4 nitrogen and oxygen atoms in total. The Morgan fingerprint density at radius 1 is 1.00 bits per heavy atom. The van der Waals surface area contributed by atoms with E-state index in [1.807, 2.05) is 35.2 Å². The molecule has 154 valence electrons. The molecule has 5 aliphatic rings. The molecule has 7 rings (SSSR count). The first kappa shape index (κ1) is 18.7. The van der Waals surface area contributed by atoms with Crippen LogP contribution in [0.3, 0.4) is 0 Å². The van der Waals surface area contributed by atoms with Gasteiger partial charge in [-0.3, -0.25) is 9.69 Å². The van der Waals surface area contributed by atoms with Gasteiger partial charge in [-0.1, -0.05) is 24.0 Å². The van der Waals surface area contributed by atoms with Gasteiger partial charge in [0.05, 0.1) is 4.91 Å². The lowest BCUT2D eigenvalue weighted by molar-refractivity contribution is -0.130. The third-order valence-corrected chi connectivity index (χ3v) is 8.68. The number of hydrogen-bond donors (Lipinski definition) is 1. The number of nitrogens with zero attached hydrogens (tertiary/aromatic N) is 1. The Bertz CT molecular complexity index is 1030. The molecule has 2 aromatic rings. The van der Waals surface area contributed by atoms with Crippen molar-refractivity contribution in [2.45, 2.75) is 38.1 Å².